The maximum absolute atomic E-state index is 11.6. The lowest BCUT2D eigenvalue weighted by atomic mass is 10.1. The number of hydrazone groups is 1. The molecule has 6 heteroatoms. The normalized spacial score (nSPS) is 10.8. The molecule has 3 rings (SSSR count). The van der Waals surface area contributed by atoms with Crippen LogP contribution in [-0.2, 0) is 16.1 Å². The highest BCUT2D eigenvalue weighted by atomic mass is 16.3. The number of rotatable bonds is 4. The molecule has 1 heterocycles. The van der Waals surface area contributed by atoms with Crippen LogP contribution in [0.3, 0.4) is 0 Å². The second kappa shape index (κ2) is 7.23. The fourth-order valence-corrected chi connectivity index (χ4v) is 2.17. The maximum atomic E-state index is 11.6. The van der Waals surface area contributed by atoms with Crippen LogP contribution in [0, 0.1) is 0 Å². The molecule has 120 valence electrons. The smallest absolute Gasteiger partial charge is 0.329 e. The number of furan rings is 1. The van der Waals surface area contributed by atoms with E-state index in [-0.39, 0.29) is 6.54 Å². The summed E-state index contributed by atoms with van der Waals surface area (Å²) in [6.45, 7) is 0.146. The Morgan fingerprint density at radius 2 is 1.83 bits per heavy atom. The topological polar surface area (TPSA) is 83.7 Å². The summed E-state index contributed by atoms with van der Waals surface area (Å²) in [4.78, 5) is 23.3. The summed E-state index contributed by atoms with van der Waals surface area (Å²) < 4.78 is 5.06. The number of carbonyl (C=O) groups is 2. The average molecular weight is 321 g/mol. The van der Waals surface area contributed by atoms with Gasteiger partial charge in [0.2, 0.25) is 0 Å². The van der Waals surface area contributed by atoms with Crippen molar-refractivity contribution in [3.05, 3.63) is 72.2 Å². The maximum Gasteiger partial charge on any atom is 0.329 e. The Balaban J connectivity index is 1.54. The third-order valence-corrected chi connectivity index (χ3v) is 3.36. The molecule has 0 aliphatic carbocycles. The molecular weight excluding hydrogens is 306 g/mol. The molecule has 2 N–H and O–H groups in total. The monoisotopic (exact) mass is 321 g/mol. The van der Waals surface area contributed by atoms with Crippen LogP contribution in [0.2, 0.25) is 0 Å². The van der Waals surface area contributed by atoms with Gasteiger partial charge in [-0.1, -0.05) is 36.4 Å². The van der Waals surface area contributed by atoms with E-state index in [9.17, 15) is 9.59 Å². The fraction of sp³-hybridized carbons (Fsp3) is 0.0556. The lowest BCUT2D eigenvalue weighted by Gasteiger charge is -2.02. The molecule has 0 unspecified atom stereocenters. The summed E-state index contributed by atoms with van der Waals surface area (Å²) >= 11 is 0. The Hall–Kier alpha value is -3.41. The van der Waals surface area contributed by atoms with Crippen molar-refractivity contribution in [2.24, 2.45) is 5.10 Å². The van der Waals surface area contributed by atoms with Crippen LogP contribution in [0.4, 0.5) is 0 Å². The first-order valence-corrected chi connectivity index (χ1v) is 7.35. The average Bonchev–Trinajstić information content (AvgIpc) is 3.13. The number of benzene rings is 2. The van der Waals surface area contributed by atoms with E-state index >= 15 is 0 Å². The molecule has 0 aliphatic heterocycles. The van der Waals surface area contributed by atoms with E-state index < -0.39 is 11.8 Å². The van der Waals surface area contributed by atoms with Crippen molar-refractivity contribution >= 4 is 28.8 Å². The predicted octanol–water partition coefficient (Wildman–Crippen LogP) is 2.20. The van der Waals surface area contributed by atoms with Crippen LogP contribution in [0.1, 0.15) is 11.3 Å². The lowest BCUT2D eigenvalue weighted by molar-refractivity contribution is -0.139. The number of nitrogens with zero attached hydrogens (tertiary/aromatic N) is 1. The van der Waals surface area contributed by atoms with E-state index in [1.54, 1.807) is 12.1 Å². The highest BCUT2D eigenvalue weighted by Gasteiger charge is 2.12. The molecule has 24 heavy (non-hydrogen) atoms. The van der Waals surface area contributed by atoms with Gasteiger partial charge in [0.25, 0.3) is 0 Å². The molecule has 3 aromatic rings. The fourth-order valence-electron chi connectivity index (χ4n) is 2.17. The Morgan fingerprint density at radius 1 is 1.00 bits per heavy atom. The van der Waals surface area contributed by atoms with Gasteiger partial charge in [-0.25, -0.2) is 5.43 Å². The van der Waals surface area contributed by atoms with E-state index in [1.165, 1.54) is 12.5 Å². The van der Waals surface area contributed by atoms with Crippen LogP contribution in [0.15, 0.2) is 70.4 Å². The molecule has 0 atom stereocenters. The molecule has 0 radical (unpaired) electrons. The van der Waals surface area contributed by atoms with Crippen molar-refractivity contribution in [2.75, 3.05) is 0 Å². The van der Waals surface area contributed by atoms with Gasteiger partial charge in [-0.2, -0.15) is 5.10 Å². The molecule has 2 aromatic carbocycles. The summed E-state index contributed by atoms with van der Waals surface area (Å²) in [7, 11) is 0. The van der Waals surface area contributed by atoms with Gasteiger partial charge in [-0.3, -0.25) is 9.59 Å². The zero-order valence-corrected chi connectivity index (χ0v) is 12.7. The van der Waals surface area contributed by atoms with Crippen molar-refractivity contribution in [1.82, 2.24) is 10.7 Å². The van der Waals surface area contributed by atoms with Gasteiger partial charge in [0.05, 0.1) is 19.0 Å². The Kier molecular flexibility index (Phi) is 4.67. The van der Waals surface area contributed by atoms with Gasteiger partial charge < -0.3 is 9.73 Å². The van der Waals surface area contributed by atoms with Crippen LogP contribution in [-0.4, -0.2) is 18.0 Å². The number of amides is 2. The van der Waals surface area contributed by atoms with E-state index in [4.69, 9.17) is 4.42 Å². The third kappa shape index (κ3) is 3.86. The van der Waals surface area contributed by atoms with Gasteiger partial charge >= 0.3 is 11.8 Å². The van der Waals surface area contributed by atoms with Gasteiger partial charge in [-0.15, -0.1) is 0 Å². The number of fused-ring (bicyclic) bond motifs is 1. The second-order valence-electron chi connectivity index (χ2n) is 5.07. The summed E-state index contributed by atoms with van der Waals surface area (Å²) in [6.07, 6.45) is 2.99. The minimum atomic E-state index is -0.835. The summed E-state index contributed by atoms with van der Waals surface area (Å²) in [5.41, 5.74) is 3.02. The summed E-state index contributed by atoms with van der Waals surface area (Å²) in [5, 5.41) is 8.44. The molecule has 0 spiro atoms. The first kappa shape index (κ1) is 15.5. The number of hydrogen-bond acceptors (Lipinski definition) is 4. The lowest BCUT2D eigenvalue weighted by Crippen LogP contribution is -2.37. The molecule has 0 saturated carbocycles. The second-order valence-corrected chi connectivity index (χ2v) is 5.07. The van der Waals surface area contributed by atoms with Gasteiger partial charge in [0, 0.05) is 0 Å². The zero-order chi connectivity index (χ0) is 16.8. The van der Waals surface area contributed by atoms with Gasteiger partial charge in [0.15, 0.2) is 0 Å². The third-order valence-electron chi connectivity index (χ3n) is 3.36. The van der Waals surface area contributed by atoms with Crippen molar-refractivity contribution in [2.45, 2.75) is 6.54 Å². The Labute approximate surface area is 138 Å². The Bertz CT molecular complexity index is 885. The van der Waals surface area contributed by atoms with E-state index in [1.807, 2.05) is 42.5 Å². The molecule has 0 bridgehead atoms. The molecule has 0 aliphatic rings. The first-order chi connectivity index (χ1) is 11.7. The van der Waals surface area contributed by atoms with Gasteiger partial charge in [-0.05, 0) is 34.5 Å². The molecule has 0 saturated heterocycles. The number of nitrogens with one attached hydrogen (secondary N) is 2. The molecule has 1 aromatic heterocycles. The SMILES string of the molecule is O=C(NCc1ccco1)C(=O)N/N=C/c1ccc2ccccc2c1. The summed E-state index contributed by atoms with van der Waals surface area (Å²) in [5.74, 6) is -1.04. The predicted molar refractivity (Wildman–Crippen MR) is 90.2 cm³/mol. The quantitative estimate of drug-likeness (QED) is 0.439. The minimum absolute atomic E-state index is 0.146. The largest absolute Gasteiger partial charge is 0.467 e. The Morgan fingerprint density at radius 3 is 2.62 bits per heavy atom. The van der Waals surface area contributed by atoms with Crippen molar-refractivity contribution in [1.29, 1.82) is 0 Å². The van der Waals surface area contributed by atoms with Crippen LogP contribution in [0.25, 0.3) is 10.8 Å². The van der Waals surface area contributed by atoms with Crippen LogP contribution >= 0.6 is 0 Å². The highest BCUT2D eigenvalue weighted by molar-refractivity contribution is 6.35. The molecule has 0 fully saturated rings. The molecular formula is C18H15N3O3. The van der Waals surface area contributed by atoms with E-state index in [0.29, 0.717) is 5.76 Å². The number of hydrogen-bond donors (Lipinski definition) is 2. The van der Waals surface area contributed by atoms with E-state index in [2.05, 4.69) is 15.8 Å². The van der Waals surface area contributed by atoms with Gasteiger partial charge in [0.1, 0.15) is 5.76 Å². The summed E-state index contributed by atoms with van der Waals surface area (Å²) in [6, 6.07) is 17.1. The molecule has 2 amide bonds. The minimum Gasteiger partial charge on any atom is -0.467 e. The first-order valence-electron chi connectivity index (χ1n) is 7.35. The van der Waals surface area contributed by atoms with Crippen LogP contribution in [0.5, 0.6) is 0 Å². The van der Waals surface area contributed by atoms with Crippen molar-refractivity contribution in [3.63, 3.8) is 0 Å². The standard InChI is InChI=1S/C18H15N3O3/c22-17(19-12-16-6-3-9-24-16)18(23)21-20-11-13-7-8-14-4-1-2-5-15(14)10-13/h1-11H,12H2,(H,19,22)(H,21,23)/b20-11+. The van der Waals surface area contributed by atoms with Crippen molar-refractivity contribution in [3.8, 4) is 0 Å². The van der Waals surface area contributed by atoms with E-state index in [0.717, 1.165) is 16.3 Å². The number of carbonyl (C=O) groups excluding carboxylic acids is 2. The highest BCUT2D eigenvalue weighted by Crippen LogP contribution is 2.14. The molecule has 6 nitrogen and oxygen atoms in total. The van der Waals surface area contributed by atoms with Crippen molar-refractivity contribution < 1.29 is 14.0 Å². The zero-order valence-electron chi connectivity index (χ0n) is 12.7. The van der Waals surface area contributed by atoms with Crippen LogP contribution < -0.4 is 10.7 Å².